The highest BCUT2D eigenvalue weighted by Crippen LogP contribution is 2.35. The molecule has 4 rings (SSSR count). The first kappa shape index (κ1) is 32.2. The largest absolute Gasteiger partial charge is 0.497 e. The number of carbonyl (C=O) groups is 2. The first-order valence-corrected chi connectivity index (χ1v) is 16.1. The summed E-state index contributed by atoms with van der Waals surface area (Å²) in [5.41, 5.74) is 0.842. The van der Waals surface area contributed by atoms with Gasteiger partial charge in [0, 0.05) is 17.6 Å². The van der Waals surface area contributed by atoms with Gasteiger partial charge in [0.1, 0.15) is 24.1 Å². The van der Waals surface area contributed by atoms with Crippen molar-refractivity contribution >= 4 is 39.1 Å². The zero-order valence-electron chi connectivity index (χ0n) is 24.7. The molecular formula is C32H38ClN3O6S. The Kier molecular flexibility index (Phi) is 10.9. The Morgan fingerprint density at radius 3 is 2.35 bits per heavy atom. The molecule has 1 aliphatic carbocycles. The van der Waals surface area contributed by atoms with Crippen molar-refractivity contribution in [1.29, 1.82) is 0 Å². The van der Waals surface area contributed by atoms with E-state index in [2.05, 4.69) is 5.32 Å². The van der Waals surface area contributed by atoms with Crippen molar-refractivity contribution in [1.82, 2.24) is 10.2 Å². The van der Waals surface area contributed by atoms with Crippen molar-refractivity contribution < 1.29 is 27.5 Å². The fourth-order valence-corrected chi connectivity index (χ4v) is 6.95. The summed E-state index contributed by atoms with van der Waals surface area (Å²) in [6, 6.07) is 18.9. The lowest BCUT2D eigenvalue weighted by Gasteiger charge is -2.34. The van der Waals surface area contributed by atoms with E-state index in [1.165, 1.54) is 30.2 Å². The van der Waals surface area contributed by atoms with E-state index in [-0.39, 0.29) is 39.8 Å². The molecule has 0 heterocycles. The van der Waals surface area contributed by atoms with Crippen LogP contribution in [0.1, 0.15) is 44.6 Å². The second kappa shape index (κ2) is 14.6. The number of carbonyl (C=O) groups excluding carboxylic acids is 2. The van der Waals surface area contributed by atoms with Gasteiger partial charge in [0.25, 0.3) is 10.0 Å². The third-order valence-electron chi connectivity index (χ3n) is 7.59. The second-order valence-corrected chi connectivity index (χ2v) is 12.7. The standard InChI is InChI=1S/C32H38ClN3O6S/c1-4-28(32(38)34-25-12-8-9-13-25)35(21-23-11-10-14-26(19-23)41-2)31(37)22-36(29-20-24(33)17-18-30(29)42-3)43(39,40)27-15-6-5-7-16-27/h5-7,10-11,14-20,25,28H,4,8-9,12-13,21-22H2,1-3H3,(H,34,38)/t28-/m0/s1. The third kappa shape index (κ3) is 7.80. The van der Waals surface area contributed by atoms with Gasteiger partial charge in [-0.3, -0.25) is 13.9 Å². The number of halogens is 1. The molecule has 0 radical (unpaired) electrons. The molecule has 9 nitrogen and oxygen atoms in total. The summed E-state index contributed by atoms with van der Waals surface area (Å²) in [6.45, 7) is 1.31. The summed E-state index contributed by atoms with van der Waals surface area (Å²) in [5.74, 6) is 0.00796. The number of sulfonamides is 1. The van der Waals surface area contributed by atoms with Gasteiger partial charge in [-0.05, 0) is 67.3 Å². The molecule has 43 heavy (non-hydrogen) atoms. The van der Waals surface area contributed by atoms with E-state index >= 15 is 0 Å². The lowest BCUT2D eigenvalue weighted by atomic mass is 10.1. The molecule has 3 aromatic carbocycles. The Hall–Kier alpha value is -3.76. The summed E-state index contributed by atoms with van der Waals surface area (Å²) in [6.07, 6.45) is 4.21. The van der Waals surface area contributed by atoms with Gasteiger partial charge in [-0.1, -0.05) is 61.7 Å². The number of hydrogen-bond donors (Lipinski definition) is 1. The number of anilines is 1. The van der Waals surface area contributed by atoms with E-state index in [0.29, 0.717) is 12.2 Å². The van der Waals surface area contributed by atoms with Crippen LogP contribution in [0.25, 0.3) is 0 Å². The number of nitrogens with one attached hydrogen (secondary N) is 1. The van der Waals surface area contributed by atoms with E-state index in [4.69, 9.17) is 21.1 Å². The molecule has 11 heteroatoms. The van der Waals surface area contributed by atoms with E-state index in [0.717, 1.165) is 35.6 Å². The number of methoxy groups -OCH3 is 2. The Labute approximate surface area is 258 Å². The van der Waals surface area contributed by atoms with Gasteiger partial charge in [-0.25, -0.2) is 8.42 Å². The average Bonchev–Trinajstić information content (AvgIpc) is 3.53. The van der Waals surface area contributed by atoms with Gasteiger partial charge in [0.05, 0.1) is 24.8 Å². The minimum absolute atomic E-state index is 0.00445. The first-order valence-electron chi connectivity index (χ1n) is 14.3. The number of ether oxygens (including phenoxy) is 2. The van der Waals surface area contributed by atoms with Crippen molar-refractivity contribution in [3.05, 3.63) is 83.4 Å². The Balaban J connectivity index is 1.76. The van der Waals surface area contributed by atoms with Crippen LogP contribution in [0.3, 0.4) is 0 Å². The van der Waals surface area contributed by atoms with Crippen LogP contribution in [0, 0.1) is 0 Å². The number of nitrogens with zero attached hydrogens (tertiary/aromatic N) is 2. The maximum Gasteiger partial charge on any atom is 0.264 e. The SMILES string of the molecule is CC[C@@H](C(=O)NC1CCCC1)N(Cc1cccc(OC)c1)C(=O)CN(c1cc(Cl)ccc1OC)S(=O)(=O)c1ccccc1. The van der Waals surface area contributed by atoms with E-state index < -0.39 is 28.5 Å². The summed E-state index contributed by atoms with van der Waals surface area (Å²) in [4.78, 5) is 29.4. The molecule has 1 fully saturated rings. The van der Waals surface area contributed by atoms with Gasteiger partial charge in [-0.15, -0.1) is 0 Å². The highest BCUT2D eigenvalue weighted by Gasteiger charge is 2.35. The molecule has 2 amide bonds. The van der Waals surface area contributed by atoms with Crippen LogP contribution in [0.15, 0.2) is 77.7 Å². The molecule has 1 atom stereocenters. The fraction of sp³-hybridized carbons (Fsp3) is 0.375. The molecule has 0 bridgehead atoms. The van der Waals surface area contributed by atoms with Gasteiger partial charge in [-0.2, -0.15) is 0 Å². The van der Waals surface area contributed by atoms with Crippen LogP contribution in [-0.4, -0.2) is 58.0 Å². The number of rotatable bonds is 13. The number of benzene rings is 3. The molecule has 0 spiro atoms. The molecule has 0 saturated heterocycles. The predicted molar refractivity (Wildman–Crippen MR) is 167 cm³/mol. The van der Waals surface area contributed by atoms with E-state index in [1.54, 1.807) is 55.6 Å². The van der Waals surface area contributed by atoms with Crippen LogP contribution in [0.2, 0.25) is 5.02 Å². The number of hydrogen-bond acceptors (Lipinski definition) is 6. The summed E-state index contributed by atoms with van der Waals surface area (Å²) in [5, 5.41) is 3.38. The summed E-state index contributed by atoms with van der Waals surface area (Å²) >= 11 is 6.31. The highest BCUT2D eigenvalue weighted by molar-refractivity contribution is 7.92. The van der Waals surface area contributed by atoms with Gasteiger partial charge in [0.2, 0.25) is 11.8 Å². The summed E-state index contributed by atoms with van der Waals surface area (Å²) in [7, 11) is -1.29. The Morgan fingerprint density at radius 2 is 1.70 bits per heavy atom. The van der Waals surface area contributed by atoms with Crippen molar-refractivity contribution in [2.45, 2.75) is 62.6 Å². The fourth-order valence-electron chi connectivity index (χ4n) is 5.35. The van der Waals surface area contributed by atoms with Crippen LogP contribution in [-0.2, 0) is 26.2 Å². The molecule has 1 aliphatic rings. The molecule has 3 aromatic rings. The highest BCUT2D eigenvalue weighted by atomic mass is 35.5. The van der Waals surface area contributed by atoms with Crippen molar-refractivity contribution in [2.75, 3.05) is 25.1 Å². The molecule has 230 valence electrons. The zero-order chi connectivity index (χ0) is 31.0. The van der Waals surface area contributed by atoms with E-state index in [1.807, 2.05) is 13.0 Å². The third-order valence-corrected chi connectivity index (χ3v) is 9.60. The minimum Gasteiger partial charge on any atom is -0.497 e. The molecule has 1 saturated carbocycles. The van der Waals surface area contributed by atoms with Crippen molar-refractivity contribution in [2.24, 2.45) is 0 Å². The monoisotopic (exact) mass is 627 g/mol. The Bertz CT molecular complexity index is 1510. The lowest BCUT2D eigenvalue weighted by Crippen LogP contribution is -2.53. The maximum atomic E-state index is 14.3. The Morgan fingerprint density at radius 1 is 0.977 bits per heavy atom. The summed E-state index contributed by atoms with van der Waals surface area (Å²) < 4.78 is 40.0. The smallest absolute Gasteiger partial charge is 0.264 e. The van der Waals surface area contributed by atoms with Gasteiger partial charge in [0.15, 0.2) is 0 Å². The van der Waals surface area contributed by atoms with Crippen LogP contribution in [0.4, 0.5) is 5.69 Å². The van der Waals surface area contributed by atoms with Gasteiger partial charge >= 0.3 is 0 Å². The molecule has 0 unspecified atom stereocenters. The maximum absolute atomic E-state index is 14.3. The topological polar surface area (TPSA) is 105 Å². The predicted octanol–water partition coefficient (Wildman–Crippen LogP) is 5.42. The van der Waals surface area contributed by atoms with Crippen LogP contribution >= 0.6 is 11.6 Å². The lowest BCUT2D eigenvalue weighted by molar-refractivity contribution is -0.140. The molecule has 0 aromatic heterocycles. The quantitative estimate of drug-likeness (QED) is 0.271. The van der Waals surface area contributed by atoms with Crippen molar-refractivity contribution in [3.63, 3.8) is 0 Å². The molecule has 1 N–H and O–H groups in total. The van der Waals surface area contributed by atoms with E-state index in [9.17, 15) is 18.0 Å². The minimum atomic E-state index is -4.26. The zero-order valence-corrected chi connectivity index (χ0v) is 26.2. The molecule has 0 aliphatic heterocycles. The van der Waals surface area contributed by atoms with Gasteiger partial charge < -0.3 is 19.7 Å². The first-order chi connectivity index (χ1) is 20.7. The molecular weight excluding hydrogens is 590 g/mol. The number of amides is 2. The average molecular weight is 628 g/mol. The van der Waals surface area contributed by atoms with Crippen LogP contribution in [0.5, 0.6) is 11.5 Å². The second-order valence-electron chi connectivity index (χ2n) is 10.4. The van der Waals surface area contributed by atoms with Crippen molar-refractivity contribution in [3.8, 4) is 11.5 Å². The van der Waals surface area contributed by atoms with Crippen LogP contribution < -0.4 is 19.1 Å². The normalized spacial score (nSPS) is 14.1.